The maximum absolute atomic E-state index is 6.07. The Morgan fingerprint density at radius 3 is 0.950 bits per heavy atom. The number of piperidine rings is 5. The first kappa shape index (κ1) is 136. The van der Waals surface area contributed by atoms with Crippen molar-refractivity contribution in [2.45, 2.75) is 494 Å². The van der Waals surface area contributed by atoms with Gasteiger partial charge in [0.25, 0.3) is 0 Å². The third-order valence-corrected chi connectivity index (χ3v) is 29.6. The molecule has 0 radical (unpaired) electrons. The van der Waals surface area contributed by atoms with Gasteiger partial charge in [0.2, 0.25) is 0 Å². The molecule has 1 aliphatic carbocycles. The van der Waals surface area contributed by atoms with Gasteiger partial charge in [-0.2, -0.15) is 0 Å². The van der Waals surface area contributed by atoms with Gasteiger partial charge in [0.15, 0.2) is 0 Å². The number of rotatable bonds is 35. The number of hydrogen-bond donors (Lipinski definition) is 0. The van der Waals surface area contributed by atoms with Crippen molar-refractivity contribution < 1.29 is 18.9 Å². The molecule has 9 fully saturated rings. The number of likely N-dealkylation sites (tertiary alicyclic amines) is 8. The third kappa shape index (κ3) is 83.9. The molecule has 13 nitrogen and oxygen atoms in total. The summed E-state index contributed by atoms with van der Waals surface area (Å²) >= 11 is 0. The highest BCUT2D eigenvalue weighted by Gasteiger charge is 2.51. The van der Waals surface area contributed by atoms with E-state index in [0.29, 0.717) is 88.0 Å². The second-order valence-electron chi connectivity index (χ2n) is 62.3. The zero-order valence-electron chi connectivity index (χ0n) is 104. The van der Waals surface area contributed by atoms with Crippen LogP contribution in [0, 0.1) is 117 Å². The lowest BCUT2D eigenvalue weighted by Crippen LogP contribution is -2.72. The predicted molar refractivity (Wildman–Crippen MR) is 624 cm³/mol. The normalized spacial score (nSPS) is 19.9. The topological polar surface area (TPSA) is 66.1 Å². The average Bonchev–Trinajstić information content (AvgIpc) is 0.742. The highest BCUT2D eigenvalue weighted by molar-refractivity contribution is 5.06. The van der Waals surface area contributed by atoms with Gasteiger partial charge in [-0.25, -0.2) is 0 Å². The fraction of sp³-hybridized carbons (Fsp3) is 0.969. The minimum absolute atomic E-state index is 0.320. The van der Waals surface area contributed by atoms with Gasteiger partial charge in [-0.1, -0.05) is 314 Å². The highest BCUT2D eigenvalue weighted by Crippen LogP contribution is 2.42. The first-order valence-corrected chi connectivity index (χ1v) is 59.6. The first-order chi connectivity index (χ1) is 64.8. The number of nitrogens with zero attached hydrogens (tertiary/aromatic N) is 9. The van der Waals surface area contributed by atoms with Crippen molar-refractivity contribution in [3.63, 3.8) is 0 Å². The molecule has 0 aromatic heterocycles. The van der Waals surface area contributed by atoms with Crippen molar-refractivity contribution in [1.82, 2.24) is 44.1 Å². The summed E-state index contributed by atoms with van der Waals surface area (Å²) in [5.74, 6) is 15.8. The monoisotopic (exact) mass is 1980 g/mol. The summed E-state index contributed by atoms with van der Waals surface area (Å²) in [4.78, 5) is 23.5. The van der Waals surface area contributed by atoms with Gasteiger partial charge >= 0.3 is 0 Å². The lowest BCUT2D eigenvalue weighted by atomic mass is 9.72. The molecule has 1 saturated carbocycles. The summed E-state index contributed by atoms with van der Waals surface area (Å²) < 4.78 is 23.1. The zero-order valence-corrected chi connectivity index (χ0v) is 104. The van der Waals surface area contributed by atoms with Gasteiger partial charge in [-0.15, -0.1) is 11.8 Å². The van der Waals surface area contributed by atoms with E-state index in [1.165, 1.54) is 324 Å². The summed E-state index contributed by atoms with van der Waals surface area (Å²) in [6.07, 6.45) is 44.2. The van der Waals surface area contributed by atoms with Crippen LogP contribution >= 0.6 is 0 Å². The molecule has 13 heteroatoms. The van der Waals surface area contributed by atoms with E-state index in [-0.39, 0.29) is 0 Å². The lowest BCUT2D eigenvalue weighted by molar-refractivity contribution is -0.118. The summed E-state index contributed by atoms with van der Waals surface area (Å²) in [6, 6.07) is 0. The Bertz CT molecular complexity index is 3120. The molecule has 9 rings (SSSR count). The number of hydrogen-bond acceptors (Lipinski definition) is 13. The van der Waals surface area contributed by atoms with Gasteiger partial charge in [-0.3, -0.25) is 9.80 Å². The lowest BCUT2D eigenvalue weighted by Gasteiger charge is -2.61. The molecule has 0 atom stereocenters. The maximum atomic E-state index is 6.07. The molecule has 9 aliphatic rings. The van der Waals surface area contributed by atoms with Gasteiger partial charge in [0.05, 0.1) is 32.0 Å². The van der Waals surface area contributed by atoms with Gasteiger partial charge in [0, 0.05) is 117 Å². The Morgan fingerprint density at radius 1 is 0.255 bits per heavy atom. The van der Waals surface area contributed by atoms with Crippen LogP contribution in [-0.4, -0.2) is 273 Å². The Hall–Kier alpha value is -1.40. The van der Waals surface area contributed by atoms with E-state index in [0.717, 1.165) is 116 Å². The van der Waals surface area contributed by atoms with Crippen LogP contribution in [0.5, 0.6) is 0 Å². The molecule has 0 N–H and O–H groups in total. The van der Waals surface area contributed by atoms with E-state index in [1.807, 2.05) is 0 Å². The van der Waals surface area contributed by atoms with Gasteiger partial charge < -0.3 is 53.2 Å². The minimum Gasteiger partial charge on any atom is -0.380 e. The third-order valence-electron chi connectivity index (χ3n) is 29.6. The number of ether oxygens (including phenoxy) is 4. The molecule has 8 saturated heterocycles. The van der Waals surface area contributed by atoms with E-state index >= 15 is 0 Å². The second-order valence-corrected chi connectivity index (χ2v) is 62.3. The quantitative estimate of drug-likeness (QED) is 0.0447. The van der Waals surface area contributed by atoms with E-state index in [2.05, 4.69) is 345 Å². The molecule has 8 heterocycles. The Kier molecular flexibility index (Phi) is 64.7. The second kappa shape index (κ2) is 67.2. The molecule has 0 amide bonds. The molecule has 0 unspecified atom stereocenters. The minimum atomic E-state index is 0.320. The fourth-order valence-corrected chi connectivity index (χ4v) is 19.4. The van der Waals surface area contributed by atoms with Crippen LogP contribution in [0.2, 0.25) is 0 Å². The van der Waals surface area contributed by atoms with E-state index in [9.17, 15) is 0 Å². The Morgan fingerprint density at radius 2 is 0.574 bits per heavy atom. The molecule has 8 aliphatic heterocycles. The van der Waals surface area contributed by atoms with Crippen LogP contribution in [0.3, 0.4) is 0 Å². The predicted octanol–water partition coefficient (Wildman–Crippen LogP) is 31.5. The summed E-state index contributed by atoms with van der Waals surface area (Å²) in [5.41, 5.74) is 6.44. The standard InChI is InChI=1S/C18H35NO.2C17H34N2.C16H29NO.C16H33N.C15H31NO.C15H28O.C14H31N/c1-18(2,3)11-14-20-17-9-12-19(13-10-17)15-16-7-5-4-6-8-16;1-15(2,3)7-9-18-11-17(12-18)13-19(14-17)10-8-16(4,5)6;1-17(2,3)9-14-18-12-7-16(8-13-18)15-19-10-5-4-6-11-19;1-16(2,3)10-15-18-14-9-5-8-13-17-11-6-4-7-12-17;1-15(2,3)9-12-17-10-7-14(8-11-17)13-16(4,5)6;1-14(2,3)7-9-16-11-13(12-16)17-10-8-15(4,5)6;1-14(2,3)10-8-7-9-12-16-13-11-15(4,5)6;1-13(2,3)9-8-11-15(7)12-10-14(4,5)6/h16-17H,4-15H2,1-3H3;7-14H2,1-6H3;16H,4-15H2,1-3H3;4,6-7,9-15H2,1-3H3;14H,7-13H2,1-6H3;13H,7-12H2,1-6H3;9-13H2,1-6H3;8-12H2,1-7H3. The summed E-state index contributed by atoms with van der Waals surface area (Å²) in [7, 11) is 2.24. The zero-order chi connectivity index (χ0) is 107. The highest BCUT2D eigenvalue weighted by atomic mass is 16.5. The van der Waals surface area contributed by atoms with Crippen molar-refractivity contribution in [3.8, 4) is 23.7 Å². The molecular weight excluding hydrogens is 1730 g/mol. The Balaban J connectivity index is 0.000000546. The summed E-state index contributed by atoms with van der Waals surface area (Å²) in [5, 5.41) is 0. The van der Waals surface area contributed by atoms with E-state index < -0.39 is 0 Å². The van der Waals surface area contributed by atoms with Crippen molar-refractivity contribution in [3.05, 3.63) is 0 Å². The smallest absolute Gasteiger partial charge is 0.0828 e. The van der Waals surface area contributed by atoms with Crippen molar-refractivity contribution in [1.29, 1.82) is 0 Å². The van der Waals surface area contributed by atoms with Crippen LogP contribution in [0.15, 0.2) is 0 Å². The SMILES string of the molecule is CC(C)(C)CC#CCCOCCC(C)(C)C.CC(C)(C)CCN1CC2(C1)CN(CCC(C)(C)C)C2.CC(C)(C)CCN1CCC(CC(C)(C)C)CC1.CC(C)(C)CCN1CCC(CN2CCCCC2)CC1.CC(C)(C)CCOC1CCN(CC2CCCCC2)CC1.CC(C)(C)CCOC1CN(CCC(C)(C)C)C1.CC(C)(C)CCOCCC#CCN1CCCCC1.CN(CCCC(C)(C)C)CCC(C)(C)C. The van der Waals surface area contributed by atoms with Crippen molar-refractivity contribution >= 4 is 0 Å². The van der Waals surface area contributed by atoms with Crippen molar-refractivity contribution in [2.24, 2.45) is 93.6 Å². The van der Waals surface area contributed by atoms with E-state index in [4.69, 9.17) is 18.9 Å². The molecule has 0 bridgehead atoms. The molecular formula is C128H255N9O4. The van der Waals surface area contributed by atoms with Crippen LogP contribution in [0.25, 0.3) is 0 Å². The van der Waals surface area contributed by atoms with Crippen LogP contribution < -0.4 is 0 Å². The Labute approximate surface area is 885 Å². The largest absolute Gasteiger partial charge is 0.380 e. The van der Waals surface area contributed by atoms with Crippen molar-refractivity contribution in [2.75, 3.05) is 217 Å². The molecule has 1 spiro atoms. The molecule has 836 valence electrons. The van der Waals surface area contributed by atoms with Crippen LogP contribution in [-0.2, 0) is 18.9 Å². The first-order valence-electron chi connectivity index (χ1n) is 59.6. The van der Waals surface area contributed by atoms with Gasteiger partial charge in [-0.05, 0) is 354 Å². The van der Waals surface area contributed by atoms with Gasteiger partial charge in [0.1, 0.15) is 0 Å². The molecule has 0 aromatic carbocycles. The van der Waals surface area contributed by atoms with Crippen LogP contribution in [0.4, 0.5) is 0 Å². The average molecular weight is 1980 g/mol. The maximum Gasteiger partial charge on any atom is 0.0828 e. The summed E-state index contributed by atoms with van der Waals surface area (Å²) in [6.45, 7) is 128. The fourth-order valence-electron chi connectivity index (χ4n) is 19.4. The van der Waals surface area contributed by atoms with E-state index in [1.54, 1.807) is 0 Å². The van der Waals surface area contributed by atoms with Crippen LogP contribution in [0.1, 0.15) is 482 Å². The molecule has 141 heavy (non-hydrogen) atoms. The molecule has 0 aromatic rings.